The van der Waals surface area contributed by atoms with E-state index in [0.29, 0.717) is 16.6 Å². The molecule has 1 saturated carbocycles. The van der Waals surface area contributed by atoms with E-state index in [1.165, 1.54) is 50.7 Å². The second-order valence-corrected chi connectivity index (χ2v) is 9.06. The fourth-order valence-corrected chi connectivity index (χ4v) is 4.79. The number of thiocarbonyl (C=S) groups is 1. The number of aliphatic hydroxyl groups is 1. The highest BCUT2D eigenvalue weighted by atomic mass is 32.1. The minimum atomic E-state index is -4.32. The van der Waals surface area contributed by atoms with Gasteiger partial charge in [-0.05, 0) is 63.2 Å². The fourth-order valence-electron chi connectivity index (χ4n) is 4.51. The molecule has 0 heterocycles. The van der Waals surface area contributed by atoms with Crippen LogP contribution in [0.3, 0.4) is 0 Å². The Hall–Kier alpha value is -1.18. The van der Waals surface area contributed by atoms with Crippen LogP contribution in [-0.4, -0.2) is 59.2 Å². The van der Waals surface area contributed by atoms with E-state index in [1.807, 2.05) is 7.05 Å². The average molecular weight is 459 g/mol. The molecule has 0 amide bonds. The van der Waals surface area contributed by atoms with E-state index in [2.05, 4.69) is 16.7 Å². The van der Waals surface area contributed by atoms with Crippen LogP contribution in [-0.2, 0) is 6.18 Å². The predicted octanol–water partition coefficient (Wildman–Crippen LogP) is 5.75. The van der Waals surface area contributed by atoms with Gasteiger partial charge in [-0.2, -0.15) is 13.2 Å². The minimum Gasteiger partial charge on any atom is -0.395 e. The number of hydrogen-bond acceptors (Lipinski definition) is 3. The third kappa shape index (κ3) is 8.35. The van der Waals surface area contributed by atoms with Crippen molar-refractivity contribution in [2.24, 2.45) is 5.92 Å². The molecule has 0 unspecified atom stereocenters. The van der Waals surface area contributed by atoms with Crippen LogP contribution in [0.1, 0.15) is 69.4 Å². The van der Waals surface area contributed by atoms with Crippen LogP contribution < -0.4 is 0 Å². The molecule has 1 fully saturated rings. The molecule has 1 N–H and O–H groups in total. The van der Waals surface area contributed by atoms with Crippen LogP contribution in [0.25, 0.3) is 0 Å². The van der Waals surface area contributed by atoms with Gasteiger partial charge in [0, 0.05) is 25.2 Å². The van der Waals surface area contributed by atoms with Gasteiger partial charge < -0.3 is 14.9 Å². The molecule has 7 heteroatoms. The molecule has 0 radical (unpaired) electrons. The van der Waals surface area contributed by atoms with Gasteiger partial charge in [0.2, 0.25) is 0 Å². The summed E-state index contributed by atoms with van der Waals surface area (Å²) in [6.45, 7) is 5.19. The highest BCUT2D eigenvalue weighted by Gasteiger charge is 2.30. The Labute approximate surface area is 190 Å². The van der Waals surface area contributed by atoms with Crippen LogP contribution in [0.4, 0.5) is 13.2 Å². The number of hydrogen-bond donors (Lipinski definition) is 1. The van der Waals surface area contributed by atoms with E-state index in [-0.39, 0.29) is 6.61 Å². The molecule has 2 rings (SSSR count). The Balaban J connectivity index is 1.70. The second-order valence-electron chi connectivity index (χ2n) is 8.67. The molecule has 31 heavy (non-hydrogen) atoms. The molecular weight excluding hydrogens is 421 g/mol. The first-order valence-electron chi connectivity index (χ1n) is 11.5. The SMILES string of the molecule is CCN(CCO)CCCCCC1CCC(N(C)C(=S)c2ccc(C(F)(F)F)cc2)CC1. The summed E-state index contributed by atoms with van der Waals surface area (Å²) >= 11 is 5.56. The summed E-state index contributed by atoms with van der Waals surface area (Å²) in [5.74, 6) is 0.768. The number of alkyl halides is 3. The van der Waals surface area contributed by atoms with Crippen LogP contribution in [0.5, 0.6) is 0 Å². The normalized spacial score (nSPS) is 19.6. The summed E-state index contributed by atoms with van der Waals surface area (Å²) < 4.78 is 38.3. The van der Waals surface area contributed by atoms with Crippen molar-refractivity contribution in [3.63, 3.8) is 0 Å². The van der Waals surface area contributed by atoms with Crippen LogP contribution in [0, 0.1) is 5.92 Å². The fraction of sp³-hybridized carbons (Fsp3) is 0.708. The summed E-state index contributed by atoms with van der Waals surface area (Å²) in [6.07, 6.45) is 5.18. The summed E-state index contributed by atoms with van der Waals surface area (Å²) in [6, 6.07) is 5.54. The van der Waals surface area contributed by atoms with Gasteiger partial charge in [0.1, 0.15) is 4.99 Å². The predicted molar refractivity (Wildman–Crippen MR) is 124 cm³/mol. The van der Waals surface area contributed by atoms with E-state index in [1.54, 1.807) is 0 Å². The van der Waals surface area contributed by atoms with Gasteiger partial charge in [-0.15, -0.1) is 0 Å². The standard InChI is InChI=1S/C24H37F3N2OS/c1-3-29(17-18-30)16-6-4-5-7-19-8-14-22(15-9-19)28(2)23(31)20-10-12-21(13-11-20)24(25,26)27/h10-13,19,22,30H,3-9,14-18H2,1-2H3. The number of unbranched alkanes of at least 4 members (excludes halogenated alkanes) is 2. The summed E-state index contributed by atoms with van der Waals surface area (Å²) in [7, 11) is 1.97. The number of benzene rings is 1. The molecule has 0 spiro atoms. The highest BCUT2D eigenvalue weighted by molar-refractivity contribution is 7.80. The first-order valence-corrected chi connectivity index (χ1v) is 11.9. The minimum absolute atomic E-state index is 0.230. The molecule has 1 aromatic carbocycles. The molecule has 1 aliphatic rings. The Morgan fingerprint density at radius 1 is 1.03 bits per heavy atom. The van der Waals surface area contributed by atoms with Crippen molar-refractivity contribution in [1.82, 2.24) is 9.80 Å². The first kappa shape index (κ1) is 26.1. The van der Waals surface area contributed by atoms with Crippen molar-refractivity contribution in [3.8, 4) is 0 Å². The van der Waals surface area contributed by atoms with Gasteiger partial charge >= 0.3 is 6.18 Å². The van der Waals surface area contributed by atoms with Crippen molar-refractivity contribution >= 4 is 17.2 Å². The molecule has 1 aromatic rings. The van der Waals surface area contributed by atoms with E-state index in [9.17, 15) is 13.2 Å². The highest BCUT2D eigenvalue weighted by Crippen LogP contribution is 2.32. The zero-order chi connectivity index (χ0) is 22.9. The Kier molecular flexibility index (Phi) is 10.7. The first-order chi connectivity index (χ1) is 14.8. The van der Waals surface area contributed by atoms with Crippen molar-refractivity contribution in [1.29, 1.82) is 0 Å². The molecular formula is C24H37F3N2OS. The summed E-state index contributed by atoms with van der Waals surface area (Å²) in [5, 5.41) is 9.05. The quantitative estimate of drug-likeness (QED) is 0.338. The van der Waals surface area contributed by atoms with Crippen LogP contribution >= 0.6 is 12.2 Å². The van der Waals surface area contributed by atoms with Crippen molar-refractivity contribution in [2.75, 3.05) is 33.3 Å². The van der Waals surface area contributed by atoms with Gasteiger partial charge in [0.05, 0.1) is 12.2 Å². The van der Waals surface area contributed by atoms with Crippen LogP contribution in [0.2, 0.25) is 0 Å². The Morgan fingerprint density at radius 2 is 1.68 bits per heavy atom. The monoisotopic (exact) mass is 458 g/mol. The Morgan fingerprint density at radius 3 is 2.23 bits per heavy atom. The molecule has 176 valence electrons. The summed E-state index contributed by atoms with van der Waals surface area (Å²) in [4.78, 5) is 5.00. The number of rotatable bonds is 11. The van der Waals surface area contributed by atoms with E-state index in [0.717, 1.165) is 50.5 Å². The molecule has 0 bridgehead atoms. The van der Waals surface area contributed by atoms with Gasteiger partial charge in [-0.1, -0.05) is 50.5 Å². The van der Waals surface area contributed by atoms with E-state index < -0.39 is 11.7 Å². The maximum absolute atomic E-state index is 12.8. The number of nitrogens with zero attached hydrogens (tertiary/aromatic N) is 2. The molecule has 1 aliphatic carbocycles. The third-order valence-electron chi connectivity index (χ3n) is 6.59. The topological polar surface area (TPSA) is 26.7 Å². The number of halogens is 3. The molecule has 0 aliphatic heterocycles. The largest absolute Gasteiger partial charge is 0.416 e. The average Bonchev–Trinajstić information content (AvgIpc) is 2.77. The second kappa shape index (κ2) is 12.8. The van der Waals surface area contributed by atoms with Gasteiger partial charge in [-0.25, -0.2) is 0 Å². The molecule has 3 nitrogen and oxygen atoms in total. The zero-order valence-electron chi connectivity index (χ0n) is 18.8. The number of likely N-dealkylation sites (N-methyl/N-ethyl adjacent to an activating group) is 1. The lowest BCUT2D eigenvalue weighted by Crippen LogP contribution is -2.39. The smallest absolute Gasteiger partial charge is 0.395 e. The van der Waals surface area contributed by atoms with Crippen molar-refractivity contribution in [3.05, 3.63) is 35.4 Å². The Bertz CT molecular complexity index is 658. The van der Waals surface area contributed by atoms with Crippen LogP contribution in [0.15, 0.2) is 24.3 Å². The molecule has 0 aromatic heterocycles. The number of aliphatic hydroxyl groups excluding tert-OH is 1. The molecule has 0 atom stereocenters. The van der Waals surface area contributed by atoms with Crippen molar-refractivity contribution in [2.45, 2.75) is 70.5 Å². The zero-order valence-corrected chi connectivity index (χ0v) is 19.6. The molecule has 0 saturated heterocycles. The van der Waals surface area contributed by atoms with E-state index in [4.69, 9.17) is 17.3 Å². The third-order valence-corrected chi connectivity index (χ3v) is 7.12. The lowest BCUT2D eigenvalue weighted by Gasteiger charge is -2.36. The van der Waals surface area contributed by atoms with Gasteiger partial charge in [0.15, 0.2) is 0 Å². The lowest BCUT2D eigenvalue weighted by atomic mass is 9.82. The van der Waals surface area contributed by atoms with E-state index >= 15 is 0 Å². The summed E-state index contributed by atoms with van der Waals surface area (Å²) in [5.41, 5.74) is 0.0351. The van der Waals surface area contributed by atoms with Crippen molar-refractivity contribution < 1.29 is 18.3 Å². The van der Waals surface area contributed by atoms with Gasteiger partial charge in [-0.3, -0.25) is 0 Å². The maximum atomic E-state index is 12.8. The lowest BCUT2D eigenvalue weighted by molar-refractivity contribution is -0.137. The van der Waals surface area contributed by atoms with Gasteiger partial charge in [0.25, 0.3) is 0 Å². The maximum Gasteiger partial charge on any atom is 0.416 e.